The minimum atomic E-state index is -2.29. The van der Waals surface area contributed by atoms with Crippen LogP contribution < -0.4 is 4.74 Å². The number of hydrogen-bond donors (Lipinski definition) is 4. The van der Waals surface area contributed by atoms with E-state index in [1.54, 1.807) is 12.1 Å². The van der Waals surface area contributed by atoms with Gasteiger partial charge in [-0.25, -0.2) is 0 Å². The van der Waals surface area contributed by atoms with E-state index in [0.29, 0.717) is 30.0 Å². The van der Waals surface area contributed by atoms with Crippen molar-refractivity contribution in [3.05, 3.63) is 64.2 Å². The molecule has 1 heterocycles. The highest BCUT2D eigenvalue weighted by Crippen LogP contribution is 2.34. The first kappa shape index (κ1) is 23.4. The maximum Gasteiger partial charge on any atom is 0.314 e. The smallest absolute Gasteiger partial charge is 0.314 e. The maximum absolute atomic E-state index is 10.1. The Hall–Kier alpha value is -1.71. The normalized spacial score (nSPS) is 23.8. The molecule has 3 atom stereocenters. The van der Waals surface area contributed by atoms with Crippen LogP contribution >= 0.6 is 11.6 Å². The molecule has 0 spiro atoms. The Morgan fingerprint density at radius 2 is 1.81 bits per heavy atom. The van der Waals surface area contributed by atoms with E-state index in [9.17, 15) is 20.4 Å². The zero-order chi connectivity index (χ0) is 22.7. The van der Waals surface area contributed by atoms with Crippen LogP contribution in [0.5, 0.6) is 5.75 Å². The van der Waals surface area contributed by atoms with Gasteiger partial charge in [0.25, 0.3) is 0 Å². The number of benzene rings is 2. The number of ether oxygens (including phenoxy) is 3. The lowest BCUT2D eigenvalue weighted by molar-refractivity contribution is -0.352. The van der Waals surface area contributed by atoms with Crippen LogP contribution in [-0.4, -0.2) is 57.9 Å². The van der Waals surface area contributed by atoms with E-state index in [2.05, 4.69) is 0 Å². The highest BCUT2D eigenvalue weighted by Gasteiger charge is 2.35. The third-order valence-corrected chi connectivity index (χ3v) is 6.02. The second-order valence-corrected chi connectivity index (χ2v) is 8.98. The van der Waals surface area contributed by atoms with Crippen molar-refractivity contribution in [1.29, 1.82) is 0 Å². The van der Waals surface area contributed by atoms with Crippen molar-refractivity contribution in [3.8, 4) is 5.75 Å². The molecule has 4 N–H and O–H groups in total. The third-order valence-electron chi connectivity index (χ3n) is 5.65. The summed E-state index contributed by atoms with van der Waals surface area (Å²) >= 11 is 6.42. The van der Waals surface area contributed by atoms with Crippen LogP contribution in [0.2, 0.25) is 5.02 Å². The fraction of sp³-hybridized carbons (Fsp3) is 0.500. The molecule has 174 valence electrons. The van der Waals surface area contributed by atoms with Crippen molar-refractivity contribution < 1.29 is 34.6 Å². The average molecular weight is 465 g/mol. The fourth-order valence-electron chi connectivity index (χ4n) is 3.84. The van der Waals surface area contributed by atoms with Gasteiger partial charge in [-0.1, -0.05) is 35.9 Å². The highest BCUT2D eigenvalue weighted by molar-refractivity contribution is 6.31. The molecule has 2 fully saturated rings. The number of halogens is 1. The lowest BCUT2D eigenvalue weighted by Crippen LogP contribution is -2.39. The Morgan fingerprint density at radius 1 is 1.06 bits per heavy atom. The fourth-order valence-corrected chi connectivity index (χ4v) is 4.02. The lowest BCUT2D eigenvalue weighted by Gasteiger charge is -2.32. The Kier molecular flexibility index (Phi) is 7.37. The van der Waals surface area contributed by atoms with Crippen LogP contribution in [0.1, 0.15) is 48.5 Å². The molecule has 7 nitrogen and oxygen atoms in total. The Bertz CT molecular complexity index is 898. The minimum Gasteiger partial charge on any atom is -0.485 e. The maximum atomic E-state index is 10.1. The van der Waals surface area contributed by atoms with E-state index in [-0.39, 0.29) is 31.5 Å². The van der Waals surface area contributed by atoms with Gasteiger partial charge in [0, 0.05) is 17.9 Å². The van der Waals surface area contributed by atoms with Gasteiger partial charge in [0.2, 0.25) is 0 Å². The van der Waals surface area contributed by atoms with Gasteiger partial charge in [-0.2, -0.15) is 0 Å². The van der Waals surface area contributed by atoms with Gasteiger partial charge in [-0.3, -0.25) is 0 Å². The van der Waals surface area contributed by atoms with E-state index in [4.69, 9.17) is 25.8 Å². The van der Waals surface area contributed by atoms with Gasteiger partial charge in [0.1, 0.15) is 5.75 Å². The van der Waals surface area contributed by atoms with Crippen LogP contribution in [-0.2, 0) is 15.9 Å². The van der Waals surface area contributed by atoms with Gasteiger partial charge >= 0.3 is 5.97 Å². The molecule has 4 rings (SSSR count). The molecular formula is C24H29ClO7. The molecule has 32 heavy (non-hydrogen) atoms. The minimum absolute atomic E-state index is 0.103. The van der Waals surface area contributed by atoms with Crippen LogP contribution in [0, 0.1) is 0 Å². The van der Waals surface area contributed by atoms with Crippen LogP contribution in [0.25, 0.3) is 0 Å². The summed E-state index contributed by atoms with van der Waals surface area (Å²) < 4.78 is 16.5. The molecule has 2 aliphatic rings. The molecule has 2 aromatic rings. The molecule has 1 aliphatic heterocycles. The second-order valence-electron chi connectivity index (χ2n) is 8.58. The first-order valence-corrected chi connectivity index (χ1v) is 11.3. The number of hydrogen-bond acceptors (Lipinski definition) is 7. The summed E-state index contributed by atoms with van der Waals surface area (Å²) in [5.74, 6) is -1.79. The number of rotatable bonds is 9. The third kappa shape index (κ3) is 6.42. The van der Waals surface area contributed by atoms with Gasteiger partial charge in [0.05, 0.1) is 31.0 Å². The van der Waals surface area contributed by atoms with Crippen LogP contribution in [0.4, 0.5) is 0 Å². The van der Waals surface area contributed by atoms with Gasteiger partial charge in [-0.15, -0.1) is 0 Å². The van der Waals surface area contributed by atoms with Gasteiger partial charge in [0.15, 0.2) is 6.61 Å². The van der Waals surface area contributed by atoms with Crippen molar-refractivity contribution in [2.24, 2.45) is 0 Å². The molecule has 1 saturated heterocycles. The summed E-state index contributed by atoms with van der Waals surface area (Å²) in [6.07, 6.45) is 1.87. The number of aliphatic hydroxyl groups excluding tert-OH is 2. The monoisotopic (exact) mass is 464 g/mol. The van der Waals surface area contributed by atoms with E-state index in [0.717, 1.165) is 29.5 Å². The largest absolute Gasteiger partial charge is 0.485 e. The van der Waals surface area contributed by atoms with Gasteiger partial charge < -0.3 is 34.6 Å². The first-order chi connectivity index (χ1) is 15.3. The Labute approximate surface area is 192 Å². The molecule has 0 bridgehead atoms. The summed E-state index contributed by atoms with van der Waals surface area (Å²) in [5, 5.41) is 39.7. The average Bonchev–Trinajstić information content (AvgIpc) is 3.57. The summed E-state index contributed by atoms with van der Waals surface area (Å²) in [7, 11) is 0. The lowest BCUT2D eigenvalue weighted by atomic mass is 9.94. The number of aliphatic hydroxyl groups is 4. The van der Waals surface area contributed by atoms with E-state index >= 15 is 0 Å². The molecule has 0 radical (unpaired) electrons. The summed E-state index contributed by atoms with van der Waals surface area (Å²) in [6, 6.07) is 13.0. The summed E-state index contributed by atoms with van der Waals surface area (Å²) in [4.78, 5) is 0. The quantitative estimate of drug-likeness (QED) is 0.422. The van der Waals surface area contributed by atoms with Crippen LogP contribution in [0.3, 0.4) is 0 Å². The Morgan fingerprint density at radius 3 is 2.50 bits per heavy atom. The zero-order valence-corrected chi connectivity index (χ0v) is 18.4. The van der Waals surface area contributed by atoms with Crippen molar-refractivity contribution in [3.63, 3.8) is 0 Å². The molecular weight excluding hydrogens is 436 g/mol. The highest BCUT2D eigenvalue weighted by atomic mass is 35.5. The molecule has 0 aromatic heterocycles. The topological polar surface area (TPSA) is 109 Å². The van der Waals surface area contributed by atoms with Crippen LogP contribution in [0.15, 0.2) is 42.5 Å². The van der Waals surface area contributed by atoms with E-state index < -0.39 is 12.1 Å². The van der Waals surface area contributed by atoms with E-state index in [1.165, 1.54) is 0 Å². The predicted molar refractivity (Wildman–Crippen MR) is 117 cm³/mol. The SMILES string of the molecule is OCC1CC(O)CC(c2ccc(Cl)c(Cc3ccc(OCC(O)(O)OC4CC4)cc3)c2)O1. The molecule has 3 unspecified atom stereocenters. The van der Waals surface area contributed by atoms with Gasteiger partial charge in [-0.05, 0) is 54.2 Å². The first-order valence-electron chi connectivity index (χ1n) is 10.9. The summed E-state index contributed by atoms with van der Waals surface area (Å²) in [6.45, 7) is -0.498. The predicted octanol–water partition coefficient (Wildman–Crippen LogP) is 2.70. The standard InChI is InChI=1S/C24H29ClO7/c25-22-8-3-16(23-12-18(27)11-21(13-26)31-23)10-17(22)9-15-1-4-19(5-2-15)30-14-24(28,29)32-20-6-7-20/h1-5,8,10,18,20-21,23,26-29H,6-7,9,11-14H2. The zero-order valence-electron chi connectivity index (χ0n) is 17.7. The molecule has 1 saturated carbocycles. The molecule has 8 heteroatoms. The Balaban J connectivity index is 1.38. The molecule has 1 aliphatic carbocycles. The van der Waals surface area contributed by atoms with Crippen molar-refractivity contribution in [1.82, 2.24) is 0 Å². The van der Waals surface area contributed by atoms with E-state index in [1.807, 2.05) is 30.3 Å². The van der Waals surface area contributed by atoms with Crippen molar-refractivity contribution in [2.75, 3.05) is 13.2 Å². The second kappa shape index (κ2) is 10.1. The van der Waals surface area contributed by atoms with Crippen molar-refractivity contribution in [2.45, 2.75) is 62.5 Å². The molecule has 2 aromatic carbocycles. The van der Waals surface area contributed by atoms with Crippen molar-refractivity contribution >= 4 is 11.6 Å². The summed E-state index contributed by atoms with van der Waals surface area (Å²) in [5.41, 5.74) is 2.84. The molecule has 0 amide bonds.